The lowest BCUT2D eigenvalue weighted by Crippen LogP contribution is -2.02. The SMILES string of the molecule is Cc1nnc(SCc2cccc(C(=O)O)c2F)s1. The number of hydrogen-bond donors (Lipinski definition) is 1. The molecular formula is C11H9FN2O2S2. The largest absolute Gasteiger partial charge is 0.478 e. The van der Waals surface area contributed by atoms with Crippen molar-refractivity contribution in [3.63, 3.8) is 0 Å². The molecule has 0 aliphatic rings. The summed E-state index contributed by atoms with van der Waals surface area (Å²) in [5, 5.41) is 17.4. The van der Waals surface area contributed by atoms with Gasteiger partial charge in [-0.05, 0) is 18.6 Å². The third-order valence-corrected chi connectivity index (χ3v) is 4.19. The fourth-order valence-corrected chi connectivity index (χ4v) is 3.12. The van der Waals surface area contributed by atoms with Crippen LogP contribution in [0.25, 0.3) is 0 Å². The Balaban J connectivity index is 2.14. The van der Waals surface area contributed by atoms with Crippen LogP contribution in [0.2, 0.25) is 0 Å². The molecule has 1 heterocycles. The zero-order valence-corrected chi connectivity index (χ0v) is 11.0. The number of rotatable bonds is 4. The molecule has 0 saturated carbocycles. The first kappa shape index (κ1) is 13.0. The number of aromatic carboxylic acids is 1. The molecule has 0 radical (unpaired) electrons. The predicted molar refractivity (Wildman–Crippen MR) is 67.6 cm³/mol. The highest BCUT2D eigenvalue weighted by molar-refractivity contribution is 8.00. The van der Waals surface area contributed by atoms with Gasteiger partial charge in [-0.25, -0.2) is 9.18 Å². The van der Waals surface area contributed by atoms with Crippen molar-refractivity contribution < 1.29 is 14.3 Å². The summed E-state index contributed by atoms with van der Waals surface area (Å²) in [5.74, 6) is -1.61. The van der Waals surface area contributed by atoms with E-state index in [1.807, 2.05) is 6.92 Å². The number of thioether (sulfide) groups is 1. The Bertz CT molecular complexity index is 586. The Morgan fingerprint density at radius 1 is 1.50 bits per heavy atom. The summed E-state index contributed by atoms with van der Waals surface area (Å²) >= 11 is 2.77. The smallest absolute Gasteiger partial charge is 0.338 e. The van der Waals surface area contributed by atoms with Crippen molar-refractivity contribution in [3.05, 3.63) is 40.2 Å². The van der Waals surface area contributed by atoms with Crippen molar-refractivity contribution in [2.45, 2.75) is 17.0 Å². The van der Waals surface area contributed by atoms with Crippen molar-refractivity contribution in [2.75, 3.05) is 0 Å². The summed E-state index contributed by atoms with van der Waals surface area (Å²) in [7, 11) is 0. The standard InChI is InChI=1S/C11H9FN2O2S2/c1-6-13-14-11(18-6)17-5-7-3-2-4-8(9(7)12)10(15)16/h2-4H,5H2,1H3,(H,15,16). The summed E-state index contributed by atoms with van der Waals surface area (Å²) in [6.45, 7) is 1.84. The maximum absolute atomic E-state index is 13.8. The van der Waals surface area contributed by atoms with Crippen molar-refractivity contribution in [1.29, 1.82) is 0 Å². The van der Waals surface area contributed by atoms with Gasteiger partial charge in [0, 0.05) is 5.75 Å². The zero-order chi connectivity index (χ0) is 13.1. The molecule has 94 valence electrons. The molecule has 18 heavy (non-hydrogen) atoms. The van der Waals surface area contributed by atoms with E-state index in [0.717, 1.165) is 9.35 Å². The van der Waals surface area contributed by atoms with E-state index in [-0.39, 0.29) is 5.56 Å². The molecule has 7 heteroatoms. The Hall–Kier alpha value is -1.47. The molecule has 0 aliphatic carbocycles. The van der Waals surface area contributed by atoms with Crippen LogP contribution in [0.15, 0.2) is 22.5 Å². The van der Waals surface area contributed by atoms with Crippen LogP contribution in [0.3, 0.4) is 0 Å². The minimum atomic E-state index is -1.26. The molecule has 0 saturated heterocycles. The summed E-state index contributed by atoms with van der Waals surface area (Å²) in [6.07, 6.45) is 0. The highest BCUT2D eigenvalue weighted by Gasteiger charge is 2.14. The number of carbonyl (C=O) groups is 1. The number of halogens is 1. The van der Waals surface area contributed by atoms with Crippen LogP contribution >= 0.6 is 23.1 Å². The molecular weight excluding hydrogens is 275 g/mol. The summed E-state index contributed by atoms with van der Waals surface area (Å²) in [5.41, 5.74) is 0.0503. The molecule has 0 spiro atoms. The lowest BCUT2D eigenvalue weighted by atomic mass is 10.1. The van der Waals surface area contributed by atoms with Gasteiger partial charge in [0.1, 0.15) is 10.8 Å². The third kappa shape index (κ3) is 2.85. The van der Waals surface area contributed by atoms with Crippen molar-refractivity contribution in [1.82, 2.24) is 10.2 Å². The van der Waals surface area contributed by atoms with Crippen molar-refractivity contribution >= 4 is 29.1 Å². The van der Waals surface area contributed by atoms with Crippen LogP contribution < -0.4 is 0 Å². The van der Waals surface area contributed by atoms with Gasteiger partial charge in [0.25, 0.3) is 0 Å². The first-order valence-electron chi connectivity index (χ1n) is 5.01. The van der Waals surface area contributed by atoms with E-state index in [1.54, 1.807) is 6.07 Å². The Morgan fingerprint density at radius 3 is 2.89 bits per heavy atom. The molecule has 0 aliphatic heterocycles. The predicted octanol–water partition coefficient (Wildman–Crippen LogP) is 2.98. The monoisotopic (exact) mass is 284 g/mol. The van der Waals surface area contributed by atoms with Crippen LogP contribution in [0, 0.1) is 12.7 Å². The van der Waals surface area contributed by atoms with E-state index in [2.05, 4.69) is 10.2 Å². The quantitative estimate of drug-likeness (QED) is 0.874. The number of benzene rings is 1. The molecule has 0 amide bonds. The number of hydrogen-bond acceptors (Lipinski definition) is 5. The Morgan fingerprint density at radius 2 is 2.28 bits per heavy atom. The second-order valence-corrected chi connectivity index (χ2v) is 5.86. The van der Waals surface area contributed by atoms with Gasteiger partial charge in [0.15, 0.2) is 4.34 Å². The Labute approximate surface area is 111 Å². The van der Waals surface area contributed by atoms with Crippen molar-refractivity contribution in [3.8, 4) is 0 Å². The van der Waals surface area contributed by atoms with Gasteiger partial charge in [0.05, 0.1) is 5.56 Å². The van der Waals surface area contributed by atoms with E-state index in [1.165, 1.54) is 35.2 Å². The van der Waals surface area contributed by atoms with Crippen molar-refractivity contribution in [2.24, 2.45) is 0 Å². The maximum Gasteiger partial charge on any atom is 0.338 e. The highest BCUT2D eigenvalue weighted by Crippen LogP contribution is 2.27. The minimum Gasteiger partial charge on any atom is -0.478 e. The molecule has 0 atom stereocenters. The fourth-order valence-electron chi connectivity index (χ4n) is 1.33. The van der Waals surface area contributed by atoms with Crippen LogP contribution in [0.1, 0.15) is 20.9 Å². The summed E-state index contributed by atoms with van der Waals surface area (Å²) in [6, 6.07) is 4.36. The highest BCUT2D eigenvalue weighted by atomic mass is 32.2. The van der Waals surface area contributed by atoms with Crippen LogP contribution in [-0.4, -0.2) is 21.3 Å². The molecule has 1 N–H and O–H groups in total. The number of carboxylic acids is 1. The van der Waals surface area contributed by atoms with E-state index in [0.29, 0.717) is 11.3 Å². The lowest BCUT2D eigenvalue weighted by Gasteiger charge is -2.03. The second kappa shape index (κ2) is 5.45. The number of nitrogens with zero attached hydrogens (tertiary/aromatic N) is 2. The van der Waals surface area contributed by atoms with E-state index >= 15 is 0 Å². The first-order chi connectivity index (χ1) is 8.58. The molecule has 0 fully saturated rings. The van der Waals surface area contributed by atoms with Gasteiger partial charge >= 0.3 is 5.97 Å². The lowest BCUT2D eigenvalue weighted by molar-refractivity contribution is 0.0691. The molecule has 2 aromatic rings. The van der Waals surface area contributed by atoms with Gasteiger partial charge in [0.2, 0.25) is 0 Å². The van der Waals surface area contributed by atoms with Crippen LogP contribution in [0.5, 0.6) is 0 Å². The molecule has 4 nitrogen and oxygen atoms in total. The third-order valence-electron chi connectivity index (χ3n) is 2.17. The first-order valence-corrected chi connectivity index (χ1v) is 6.81. The number of carboxylic acid groups (broad SMARTS) is 1. The zero-order valence-electron chi connectivity index (χ0n) is 9.38. The summed E-state index contributed by atoms with van der Waals surface area (Å²) in [4.78, 5) is 10.8. The van der Waals surface area contributed by atoms with E-state index in [9.17, 15) is 9.18 Å². The molecule has 1 aromatic heterocycles. The number of aromatic nitrogens is 2. The van der Waals surface area contributed by atoms with Crippen LogP contribution in [-0.2, 0) is 5.75 Å². The van der Waals surface area contributed by atoms with E-state index < -0.39 is 11.8 Å². The number of aryl methyl sites for hydroxylation is 1. The van der Waals surface area contributed by atoms with E-state index in [4.69, 9.17) is 5.11 Å². The van der Waals surface area contributed by atoms with Gasteiger partial charge in [-0.1, -0.05) is 35.2 Å². The summed E-state index contributed by atoms with van der Waals surface area (Å²) < 4.78 is 14.5. The van der Waals surface area contributed by atoms with Gasteiger partial charge in [-0.3, -0.25) is 0 Å². The second-order valence-electron chi connectivity index (χ2n) is 3.46. The molecule has 2 rings (SSSR count). The van der Waals surface area contributed by atoms with Gasteiger partial charge in [-0.15, -0.1) is 10.2 Å². The maximum atomic E-state index is 13.8. The fraction of sp³-hybridized carbons (Fsp3) is 0.182. The average molecular weight is 284 g/mol. The Kier molecular flexibility index (Phi) is 3.93. The normalized spacial score (nSPS) is 10.6. The molecule has 1 aromatic carbocycles. The van der Waals surface area contributed by atoms with Gasteiger partial charge < -0.3 is 5.11 Å². The molecule has 0 unspecified atom stereocenters. The minimum absolute atomic E-state index is 0.304. The topological polar surface area (TPSA) is 63.1 Å². The van der Waals surface area contributed by atoms with Gasteiger partial charge in [-0.2, -0.15) is 0 Å². The average Bonchev–Trinajstić information content (AvgIpc) is 2.73. The van der Waals surface area contributed by atoms with Crippen LogP contribution in [0.4, 0.5) is 4.39 Å². The molecule has 0 bridgehead atoms.